The molecule has 2 heterocycles. The second-order valence-electron chi connectivity index (χ2n) is 5.53. The van der Waals surface area contributed by atoms with Crippen molar-refractivity contribution in [3.8, 4) is 11.5 Å². The van der Waals surface area contributed by atoms with Gasteiger partial charge in [-0.2, -0.15) is 0 Å². The van der Waals surface area contributed by atoms with Crippen LogP contribution in [0.15, 0.2) is 28.7 Å². The van der Waals surface area contributed by atoms with Gasteiger partial charge in [-0.15, -0.1) is 10.2 Å². The second kappa shape index (κ2) is 5.25. The fraction of sp³-hybridized carbons (Fsp3) is 0.467. The molecule has 0 amide bonds. The maximum absolute atomic E-state index is 5.44. The van der Waals surface area contributed by atoms with Gasteiger partial charge < -0.3 is 14.2 Å². The third-order valence-corrected chi connectivity index (χ3v) is 3.90. The van der Waals surface area contributed by atoms with E-state index in [9.17, 15) is 0 Å². The van der Waals surface area contributed by atoms with Gasteiger partial charge in [0.1, 0.15) is 0 Å². The summed E-state index contributed by atoms with van der Waals surface area (Å²) < 4.78 is 5.44. The van der Waals surface area contributed by atoms with E-state index in [4.69, 9.17) is 4.42 Å². The minimum atomic E-state index is 0.585. The highest BCUT2D eigenvalue weighted by Crippen LogP contribution is 2.25. The van der Waals surface area contributed by atoms with Crippen molar-refractivity contribution in [2.75, 3.05) is 32.1 Å². The predicted molar refractivity (Wildman–Crippen MR) is 78.8 cm³/mol. The van der Waals surface area contributed by atoms with Crippen LogP contribution < -0.4 is 4.90 Å². The van der Waals surface area contributed by atoms with Crippen LogP contribution in [0.1, 0.15) is 12.3 Å². The molecule has 3 rings (SSSR count). The van der Waals surface area contributed by atoms with E-state index < -0.39 is 0 Å². The van der Waals surface area contributed by atoms with Crippen LogP contribution in [0.5, 0.6) is 0 Å². The zero-order valence-corrected chi connectivity index (χ0v) is 12.2. The van der Waals surface area contributed by atoms with Crippen molar-refractivity contribution in [2.45, 2.75) is 19.4 Å². The molecular formula is C15H20N4O. The van der Waals surface area contributed by atoms with E-state index in [1.165, 1.54) is 12.1 Å². The molecule has 0 radical (unpaired) electrons. The first-order chi connectivity index (χ1) is 9.63. The summed E-state index contributed by atoms with van der Waals surface area (Å²) >= 11 is 0. The highest BCUT2D eigenvalue weighted by Gasteiger charge is 2.24. The van der Waals surface area contributed by atoms with E-state index in [0.29, 0.717) is 17.8 Å². The van der Waals surface area contributed by atoms with E-state index in [1.54, 1.807) is 6.92 Å². The Kier molecular flexibility index (Phi) is 3.44. The molecule has 1 aromatic heterocycles. The molecule has 0 N–H and O–H groups in total. The van der Waals surface area contributed by atoms with Gasteiger partial charge in [0.25, 0.3) is 0 Å². The fourth-order valence-electron chi connectivity index (χ4n) is 2.63. The molecule has 5 nitrogen and oxygen atoms in total. The van der Waals surface area contributed by atoms with Crippen molar-refractivity contribution >= 4 is 5.69 Å². The number of aryl methyl sites for hydroxylation is 1. The maximum Gasteiger partial charge on any atom is 0.247 e. The molecule has 1 unspecified atom stereocenters. The van der Waals surface area contributed by atoms with Gasteiger partial charge in [0.2, 0.25) is 11.8 Å². The lowest BCUT2D eigenvalue weighted by Gasteiger charge is -2.21. The Hall–Kier alpha value is -1.88. The molecule has 0 aliphatic carbocycles. The molecule has 1 aliphatic heterocycles. The average molecular weight is 272 g/mol. The molecule has 1 aliphatic rings. The average Bonchev–Trinajstić information content (AvgIpc) is 3.08. The fourth-order valence-corrected chi connectivity index (χ4v) is 2.63. The van der Waals surface area contributed by atoms with Crippen LogP contribution in [-0.4, -0.2) is 48.3 Å². The van der Waals surface area contributed by atoms with Gasteiger partial charge in [-0.3, -0.25) is 0 Å². The summed E-state index contributed by atoms with van der Waals surface area (Å²) in [5, 5.41) is 7.90. The third-order valence-electron chi connectivity index (χ3n) is 3.90. The van der Waals surface area contributed by atoms with Crippen molar-refractivity contribution in [2.24, 2.45) is 0 Å². The van der Waals surface area contributed by atoms with Crippen molar-refractivity contribution in [1.82, 2.24) is 15.1 Å². The summed E-state index contributed by atoms with van der Waals surface area (Å²) in [4.78, 5) is 4.73. The minimum Gasteiger partial charge on any atom is -0.421 e. The molecule has 1 aromatic carbocycles. The number of nitrogens with zero attached hydrogens (tertiary/aromatic N) is 4. The molecule has 5 heteroatoms. The summed E-state index contributed by atoms with van der Waals surface area (Å²) in [5.41, 5.74) is 2.23. The second-order valence-corrected chi connectivity index (χ2v) is 5.53. The Morgan fingerprint density at radius 1 is 1.20 bits per heavy atom. The van der Waals surface area contributed by atoms with Gasteiger partial charge in [-0.05, 0) is 44.8 Å². The lowest BCUT2D eigenvalue weighted by atomic mass is 10.2. The van der Waals surface area contributed by atoms with Crippen LogP contribution in [0.3, 0.4) is 0 Å². The van der Waals surface area contributed by atoms with Gasteiger partial charge in [0, 0.05) is 37.3 Å². The van der Waals surface area contributed by atoms with Crippen molar-refractivity contribution in [1.29, 1.82) is 0 Å². The van der Waals surface area contributed by atoms with Gasteiger partial charge in [0.05, 0.1) is 0 Å². The highest BCUT2D eigenvalue weighted by atomic mass is 16.4. The number of likely N-dealkylation sites (N-methyl/N-ethyl adjacent to an activating group) is 1. The van der Waals surface area contributed by atoms with E-state index in [-0.39, 0.29) is 0 Å². The number of rotatable bonds is 3. The molecular weight excluding hydrogens is 252 g/mol. The van der Waals surface area contributed by atoms with Crippen LogP contribution in [0, 0.1) is 6.92 Å². The molecule has 2 aromatic rings. The summed E-state index contributed by atoms with van der Waals surface area (Å²) in [6.07, 6.45) is 1.22. The quantitative estimate of drug-likeness (QED) is 0.857. The van der Waals surface area contributed by atoms with Gasteiger partial charge >= 0.3 is 0 Å². The van der Waals surface area contributed by atoms with Crippen molar-refractivity contribution in [3.05, 3.63) is 30.2 Å². The zero-order chi connectivity index (χ0) is 14.1. The predicted octanol–water partition coefficient (Wildman–Crippen LogP) is 2.19. The molecule has 20 heavy (non-hydrogen) atoms. The normalized spacial score (nSPS) is 19.0. The Morgan fingerprint density at radius 3 is 2.50 bits per heavy atom. The van der Waals surface area contributed by atoms with Crippen LogP contribution >= 0.6 is 0 Å². The van der Waals surface area contributed by atoms with E-state index in [0.717, 1.165) is 18.7 Å². The highest BCUT2D eigenvalue weighted by molar-refractivity contribution is 5.59. The van der Waals surface area contributed by atoms with Crippen LogP contribution in [0.25, 0.3) is 11.5 Å². The summed E-state index contributed by atoms with van der Waals surface area (Å²) in [6.45, 7) is 4.00. The van der Waals surface area contributed by atoms with Gasteiger partial charge in [0.15, 0.2) is 0 Å². The molecule has 0 saturated carbocycles. The maximum atomic E-state index is 5.44. The topological polar surface area (TPSA) is 45.4 Å². The number of benzene rings is 1. The molecule has 0 spiro atoms. The zero-order valence-electron chi connectivity index (χ0n) is 12.2. The monoisotopic (exact) mass is 272 g/mol. The largest absolute Gasteiger partial charge is 0.421 e. The number of aromatic nitrogens is 2. The number of anilines is 1. The smallest absolute Gasteiger partial charge is 0.247 e. The van der Waals surface area contributed by atoms with Crippen LogP contribution in [0.4, 0.5) is 5.69 Å². The first-order valence-corrected chi connectivity index (χ1v) is 6.95. The standard InChI is InChI=1S/C15H20N4O/c1-11-16-17-15(20-11)12-4-6-13(7-5-12)19-9-8-14(10-19)18(2)3/h4-7,14H,8-10H2,1-3H3. The third kappa shape index (κ3) is 2.54. The molecule has 106 valence electrons. The van der Waals surface area contributed by atoms with Crippen molar-refractivity contribution < 1.29 is 4.42 Å². The summed E-state index contributed by atoms with van der Waals surface area (Å²) in [6, 6.07) is 9.00. The molecule has 1 atom stereocenters. The molecule has 0 bridgehead atoms. The first kappa shape index (κ1) is 13.1. The van der Waals surface area contributed by atoms with Crippen molar-refractivity contribution in [3.63, 3.8) is 0 Å². The number of hydrogen-bond donors (Lipinski definition) is 0. The van der Waals surface area contributed by atoms with Gasteiger partial charge in [-0.1, -0.05) is 0 Å². The first-order valence-electron chi connectivity index (χ1n) is 6.95. The SMILES string of the molecule is Cc1nnc(-c2ccc(N3CCC(N(C)C)C3)cc2)o1. The minimum absolute atomic E-state index is 0.585. The Morgan fingerprint density at radius 2 is 1.95 bits per heavy atom. The van der Waals surface area contributed by atoms with Crippen LogP contribution in [0.2, 0.25) is 0 Å². The lowest BCUT2D eigenvalue weighted by molar-refractivity contribution is 0.315. The van der Waals surface area contributed by atoms with Crippen LogP contribution in [-0.2, 0) is 0 Å². The Labute approximate surface area is 119 Å². The van der Waals surface area contributed by atoms with E-state index in [1.807, 2.05) is 12.1 Å². The van der Waals surface area contributed by atoms with E-state index in [2.05, 4.69) is 46.2 Å². The van der Waals surface area contributed by atoms with Gasteiger partial charge in [-0.25, -0.2) is 0 Å². The number of hydrogen-bond acceptors (Lipinski definition) is 5. The Bertz CT molecular complexity index is 576. The summed E-state index contributed by atoms with van der Waals surface area (Å²) in [7, 11) is 4.30. The summed E-state index contributed by atoms with van der Waals surface area (Å²) in [5.74, 6) is 1.18. The molecule has 1 fully saturated rings. The van der Waals surface area contributed by atoms with E-state index >= 15 is 0 Å². The molecule has 1 saturated heterocycles. The Balaban J connectivity index is 1.74. The lowest BCUT2D eigenvalue weighted by Crippen LogP contribution is -2.31.